The fourth-order valence-electron chi connectivity index (χ4n) is 2.66. The molecule has 7 nitrogen and oxygen atoms in total. The summed E-state index contributed by atoms with van der Waals surface area (Å²) in [5.74, 6) is -0.530. The van der Waals surface area contributed by atoms with E-state index < -0.39 is 11.0 Å². The van der Waals surface area contributed by atoms with Crippen LogP contribution < -0.4 is 10.6 Å². The van der Waals surface area contributed by atoms with E-state index in [9.17, 15) is 19.7 Å². The van der Waals surface area contributed by atoms with Crippen molar-refractivity contribution < 1.29 is 14.5 Å². The van der Waals surface area contributed by atoms with Gasteiger partial charge in [0.1, 0.15) is 6.04 Å². The van der Waals surface area contributed by atoms with Crippen molar-refractivity contribution in [2.45, 2.75) is 25.3 Å². The molecule has 1 fully saturated rings. The van der Waals surface area contributed by atoms with E-state index in [1.165, 1.54) is 12.1 Å². The molecule has 1 unspecified atom stereocenters. The molecule has 7 heteroatoms. The van der Waals surface area contributed by atoms with Gasteiger partial charge in [0.2, 0.25) is 11.8 Å². The van der Waals surface area contributed by atoms with Crippen LogP contribution in [0.5, 0.6) is 0 Å². The van der Waals surface area contributed by atoms with Gasteiger partial charge in [-0.15, -0.1) is 5.73 Å². The molecule has 1 aromatic rings. The third kappa shape index (κ3) is 4.34. The summed E-state index contributed by atoms with van der Waals surface area (Å²) in [7, 11) is 0. The van der Waals surface area contributed by atoms with E-state index in [0.717, 1.165) is 16.8 Å². The summed E-state index contributed by atoms with van der Waals surface area (Å²) in [6.45, 7) is 0. The molecular formula is C19H17N3O4. The van der Waals surface area contributed by atoms with Gasteiger partial charge >= 0.3 is 0 Å². The molecule has 1 atom stereocenters. The van der Waals surface area contributed by atoms with Crippen LogP contribution >= 0.6 is 0 Å². The van der Waals surface area contributed by atoms with Crippen LogP contribution in [0.15, 0.2) is 59.5 Å². The predicted molar refractivity (Wildman–Crippen MR) is 95.7 cm³/mol. The molecule has 2 amide bonds. The summed E-state index contributed by atoms with van der Waals surface area (Å²) < 4.78 is 0. The maximum atomic E-state index is 11.8. The van der Waals surface area contributed by atoms with Crippen LogP contribution in [-0.4, -0.2) is 22.8 Å². The first kappa shape index (κ1) is 17.4. The Morgan fingerprint density at radius 1 is 1.23 bits per heavy atom. The highest BCUT2D eigenvalue weighted by molar-refractivity contribution is 6.00. The van der Waals surface area contributed by atoms with Gasteiger partial charge < -0.3 is 5.32 Å². The average molecular weight is 351 g/mol. The van der Waals surface area contributed by atoms with Crippen LogP contribution in [0.2, 0.25) is 0 Å². The van der Waals surface area contributed by atoms with E-state index in [0.29, 0.717) is 19.3 Å². The van der Waals surface area contributed by atoms with Gasteiger partial charge in [0, 0.05) is 24.3 Å². The second-order valence-electron chi connectivity index (χ2n) is 6.01. The van der Waals surface area contributed by atoms with Crippen molar-refractivity contribution in [1.82, 2.24) is 10.6 Å². The van der Waals surface area contributed by atoms with Crippen molar-refractivity contribution in [3.05, 3.63) is 75.2 Å². The normalized spacial score (nSPS) is 19.3. The van der Waals surface area contributed by atoms with Gasteiger partial charge in [-0.2, -0.15) is 0 Å². The zero-order chi connectivity index (χ0) is 18.5. The molecule has 1 aliphatic heterocycles. The number of carbonyl (C=O) groups excluding carboxylic acids is 2. The SMILES string of the molecule is O=C1CCC(NC2=CCC(=C=Cc3ccc([N+](=O)[O-])cc3)C=C2)C(=O)N1. The summed E-state index contributed by atoms with van der Waals surface area (Å²) in [4.78, 5) is 33.1. The monoisotopic (exact) mass is 351 g/mol. The van der Waals surface area contributed by atoms with Crippen LogP contribution in [0.3, 0.4) is 0 Å². The van der Waals surface area contributed by atoms with Crippen molar-refractivity contribution in [1.29, 1.82) is 0 Å². The highest BCUT2D eigenvalue weighted by atomic mass is 16.6. The van der Waals surface area contributed by atoms with Crippen molar-refractivity contribution >= 4 is 23.6 Å². The lowest BCUT2D eigenvalue weighted by Gasteiger charge is -2.24. The molecular weight excluding hydrogens is 334 g/mol. The Hall–Kier alpha value is -3.44. The molecule has 0 bridgehead atoms. The maximum Gasteiger partial charge on any atom is 0.269 e. The molecule has 2 aliphatic rings. The third-order valence-corrected chi connectivity index (χ3v) is 4.11. The van der Waals surface area contributed by atoms with Gasteiger partial charge in [-0.05, 0) is 54.3 Å². The number of rotatable bonds is 4. The van der Waals surface area contributed by atoms with Crippen LogP contribution in [0.4, 0.5) is 5.69 Å². The lowest BCUT2D eigenvalue weighted by molar-refractivity contribution is -0.384. The Labute approximate surface area is 149 Å². The number of carbonyl (C=O) groups is 2. The van der Waals surface area contributed by atoms with Crippen LogP contribution in [0.1, 0.15) is 24.8 Å². The largest absolute Gasteiger partial charge is 0.374 e. The van der Waals surface area contributed by atoms with Gasteiger partial charge in [0.05, 0.1) is 4.92 Å². The number of nitro benzene ring substituents is 1. The number of imide groups is 1. The standard InChI is InChI=1S/C19H17N3O4/c23-18-12-11-17(19(24)21-18)20-15-7-3-13(4-8-15)1-2-14-5-9-16(10-6-14)22(25)26/h2-3,5-10,17,20H,4,11-12H2,(H,21,23,24). The Morgan fingerprint density at radius 2 is 2.00 bits per heavy atom. The number of hydrogen-bond donors (Lipinski definition) is 2. The fourth-order valence-corrected chi connectivity index (χ4v) is 2.66. The van der Waals surface area contributed by atoms with Crippen molar-refractivity contribution in [3.8, 4) is 0 Å². The molecule has 1 aliphatic carbocycles. The Bertz CT molecular complexity index is 875. The Morgan fingerprint density at radius 3 is 2.62 bits per heavy atom. The Kier molecular flexibility index (Phi) is 5.10. The van der Waals surface area contributed by atoms with E-state index in [2.05, 4.69) is 16.4 Å². The van der Waals surface area contributed by atoms with E-state index >= 15 is 0 Å². The smallest absolute Gasteiger partial charge is 0.269 e. The minimum atomic E-state index is -0.433. The van der Waals surface area contributed by atoms with E-state index in [1.807, 2.05) is 18.2 Å². The lowest BCUT2D eigenvalue weighted by atomic mass is 10.0. The molecule has 2 N–H and O–H groups in total. The first-order chi connectivity index (χ1) is 12.5. The van der Waals surface area contributed by atoms with E-state index in [-0.39, 0.29) is 17.5 Å². The maximum absolute atomic E-state index is 11.8. The fraction of sp³-hybridized carbons (Fsp3) is 0.211. The summed E-state index contributed by atoms with van der Waals surface area (Å²) in [6, 6.07) is 5.85. The molecule has 0 aromatic heterocycles. The highest BCUT2D eigenvalue weighted by Crippen LogP contribution is 2.17. The summed E-state index contributed by atoms with van der Waals surface area (Å²) in [5.41, 5.74) is 5.84. The van der Waals surface area contributed by atoms with Gasteiger partial charge in [-0.3, -0.25) is 25.0 Å². The second kappa shape index (κ2) is 7.63. The summed E-state index contributed by atoms with van der Waals surface area (Å²) in [5, 5.41) is 16.1. The molecule has 0 spiro atoms. The quantitative estimate of drug-likeness (QED) is 0.375. The van der Waals surface area contributed by atoms with Crippen LogP contribution in [-0.2, 0) is 9.59 Å². The number of allylic oxidation sites excluding steroid dienone is 4. The topological polar surface area (TPSA) is 101 Å². The Balaban J connectivity index is 1.61. The number of hydrogen-bond acceptors (Lipinski definition) is 5. The first-order valence-corrected chi connectivity index (χ1v) is 8.20. The molecule has 0 radical (unpaired) electrons. The third-order valence-electron chi connectivity index (χ3n) is 4.11. The average Bonchev–Trinajstić information content (AvgIpc) is 2.64. The molecule has 132 valence electrons. The van der Waals surface area contributed by atoms with E-state index in [1.54, 1.807) is 18.2 Å². The molecule has 3 rings (SSSR count). The number of non-ortho nitro benzene ring substituents is 1. The number of benzene rings is 1. The lowest BCUT2D eigenvalue weighted by Crippen LogP contribution is -2.50. The number of nitrogens with zero attached hydrogens (tertiary/aromatic N) is 1. The molecule has 0 saturated carbocycles. The number of nitro groups is 1. The highest BCUT2D eigenvalue weighted by Gasteiger charge is 2.26. The molecule has 1 heterocycles. The van der Waals surface area contributed by atoms with Crippen molar-refractivity contribution in [2.24, 2.45) is 0 Å². The summed E-state index contributed by atoms with van der Waals surface area (Å²) >= 11 is 0. The second-order valence-corrected chi connectivity index (χ2v) is 6.01. The van der Waals surface area contributed by atoms with Crippen molar-refractivity contribution in [2.75, 3.05) is 0 Å². The van der Waals surface area contributed by atoms with Gasteiger partial charge in [0.15, 0.2) is 0 Å². The van der Waals surface area contributed by atoms with Crippen LogP contribution in [0.25, 0.3) is 6.08 Å². The number of nitrogens with one attached hydrogen (secondary N) is 2. The van der Waals surface area contributed by atoms with Crippen molar-refractivity contribution in [3.63, 3.8) is 0 Å². The first-order valence-electron chi connectivity index (χ1n) is 8.20. The van der Waals surface area contributed by atoms with Crippen LogP contribution in [0, 0.1) is 10.1 Å². The molecule has 1 saturated heterocycles. The zero-order valence-electron chi connectivity index (χ0n) is 13.9. The van der Waals surface area contributed by atoms with Gasteiger partial charge in [-0.25, -0.2) is 0 Å². The van der Waals surface area contributed by atoms with Gasteiger partial charge in [-0.1, -0.05) is 6.08 Å². The zero-order valence-corrected chi connectivity index (χ0v) is 13.9. The minimum absolute atomic E-state index is 0.0551. The van der Waals surface area contributed by atoms with Gasteiger partial charge in [0.25, 0.3) is 5.69 Å². The minimum Gasteiger partial charge on any atom is -0.374 e. The molecule has 1 aromatic carbocycles. The number of piperidine rings is 1. The predicted octanol–water partition coefficient (Wildman–Crippen LogP) is 2.37. The van der Waals surface area contributed by atoms with E-state index in [4.69, 9.17) is 0 Å². The summed E-state index contributed by atoms with van der Waals surface area (Å²) in [6.07, 6.45) is 8.96. The molecule has 26 heavy (non-hydrogen) atoms. The number of amides is 2.